The fourth-order valence-corrected chi connectivity index (χ4v) is 3.92. The highest BCUT2D eigenvalue weighted by atomic mass is 16.7. The number of benzene rings is 1. The predicted octanol–water partition coefficient (Wildman–Crippen LogP) is 1.12. The van der Waals surface area contributed by atoms with Gasteiger partial charge in [-0.1, -0.05) is 6.07 Å². The Hall–Kier alpha value is -2.28. The molecule has 2 aliphatic carbocycles. The number of nitrogens with zero attached hydrogens (tertiary/aromatic N) is 2. The molecule has 0 atom stereocenters. The van der Waals surface area contributed by atoms with Crippen molar-refractivity contribution in [1.82, 2.24) is 15.1 Å². The number of ether oxygens (including phenoxy) is 2. The molecule has 2 amide bonds. The molecule has 0 aromatic heterocycles. The van der Waals surface area contributed by atoms with E-state index in [9.17, 15) is 9.59 Å². The topological polar surface area (TPSA) is 71.1 Å². The van der Waals surface area contributed by atoms with Crippen molar-refractivity contribution in [1.29, 1.82) is 0 Å². The lowest BCUT2D eigenvalue weighted by Crippen LogP contribution is -2.53. The molecule has 0 spiro atoms. The lowest BCUT2D eigenvalue weighted by atomic mass is 10.0. The van der Waals surface area contributed by atoms with Crippen LogP contribution in [-0.2, 0) is 16.1 Å². The molecule has 1 aromatic rings. The molecular weight excluding hydrogens is 346 g/mol. The number of carbonyl (C=O) groups excluding carboxylic acids is 2. The van der Waals surface area contributed by atoms with Crippen LogP contribution in [0.4, 0.5) is 0 Å². The van der Waals surface area contributed by atoms with Gasteiger partial charge >= 0.3 is 0 Å². The highest BCUT2D eigenvalue weighted by Gasteiger charge is 2.58. The molecule has 3 fully saturated rings. The number of hydrogen-bond acceptors (Lipinski definition) is 5. The molecule has 1 aromatic carbocycles. The second-order valence-corrected chi connectivity index (χ2v) is 8.09. The van der Waals surface area contributed by atoms with Gasteiger partial charge < -0.3 is 19.7 Å². The van der Waals surface area contributed by atoms with E-state index >= 15 is 0 Å². The van der Waals surface area contributed by atoms with Gasteiger partial charge in [0, 0.05) is 38.8 Å². The van der Waals surface area contributed by atoms with Gasteiger partial charge in [0.1, 0.15) is 5.41 Å². The second-order valence-electron chi connectivity index (χ2n) is 8.09. The quantitative estimate of drug-likeness (QED) is 0.786. The Morgan fingerprint density at radius 3 is 2.52 bits per heavy atom. The van der Waals surface area contributed by atoms with E-state index < -0.39 is 5.41 Å². The summed E-state index contributed by atoms with van der Waals surface area (Å²) in [5.74, 6) is 1.59. The Kier molecular flexibility index (Phi) is 4.00. The Balaban J connectivity index is 1.15. The van der Waals surface area contributed by atoms with Crippen LogP contribution in [0.3, 0.4) is 0 Å². The standard InChI is InChI=1S/C20H25N3O4/c24-18(21-15-2-3-15)20(5-6-20)19(25)23-9-7-22(8-10-23)12-14-1-4-16-17(11-14)27-13-26-16/h1,4,11,15H,2-3,5-10,12-13H2,(H,21,24). The van der Waals surface area contributed by atoms with E-state index in [4.69, 9.17) is 9.47 Å². The van der Waals surface area contributed by atoms with Gasteiger partial charge in [-0.05, 0) is 43.4 Å². The third-order valence-electron chi connectivity index (χ3n) is 6.01. The zero-order chi connectivity index (χ0) is 18.4. The van der Waals surface area contributed by atoms with Crippen molar-refractivity contribution in [2.75, 3.05) is 33.0 Å². The predicted molar refractivity (Wildman–Crippen MR) is 97.3 cm³/mol. The summed E-state index contributed by atoms with van der Waals surface area (Å²) in [6, 6.07) is 6.35. The van der Waals surface area contributed by atoms with E-state index in [0.29, 0.717) is 32.0 Å². The summed E-state index contributed by atoms with van der Waals surface area (Å²) in [5.41, 5.74) is 0.420. The van der Waals surface area contributed by atoms with Crippen molar-refractivity contribution in [3.63, 3.8) is 0 Å². The molecule has 0 radical (unpaired) electrons. The maximum absolute atomic E-state index is 12.9. The Labute approximate surface area is 158 Å². The lowest BCUT2D eigenvalue weighted by molar-refractivity contribution is -0.145. The van der Waals surface area contributed by atoms with Crippen molar-refractivity contribution < 1.29 is 19.1 Å². The average molecular weight is 371 g/mol. The molecule has 27 heavy (non-hydrogen) atoms. The number of rotatable bonds is 5. The summed E-state index contributed by atoms with van der Waals surface area (Å²) >= 11 is 0. The Morgan fingerprint density at radius 1 is 1.07 bits per heavy atom. The van der Waals surface area contributed by atoms with Gasteiger partial charge in [0.25, 0.3) is 0 Å². The van der Waals surface area contributed by atoms with Crippen LogP contribution in [0, 0.1) is 5.41 Å². The molecule has 5 rings (SSSR count). The zero-order valence-electron chi connectivity index (χ0n) is 15.4. The minimum absolute atomic E-state index is 0.0309. The fraction of sp³-hybridized carbons (Fsp3) is 0.600. The first-order valence-corrected chi connectivity index (χ1v) is 9.85. The zero-order valence-corrected chi connectivity index (χ0v) is 15.4. The van der Waals surface area contributed by atoms with Crippen LogP contribution < -0.4 is 14.8 Å². The van der Waals surface area contributed by atoms with Crippen LogP contribution in [0.5, 0.6) is 11.5 Å². The summed E-state index contributed by atoms with van der Waals surface area (Å²) in [4.78, 5) is 29.6. The largest absolute Gasteiger partial charge is 0.454 e. The molecule has 4 aliphatic rings. The van der Waals surface area contributed by atoms with Gasteiger partial charge in [0.15, 0.2) is 11.5 Å². The highest BCUT2D eigenvalue weighted by molar-refractivity contribution is 6.08. The first-order chi connectivity index (χ1) is 13.1. The van der Waals surface area contributed by atoms with Gasteiger partial charge in [-0.25, -0.2) is 0 Å². The molecule has 1 saturated heterocycles. The van der Waals surface area contributed by atoms with Crippen molar-refractivity contribution >= 4 is 11.8 Å². The first kappa shape index (κ1) is 16.9. The van der Waals surface area contributed by atoms with Crippen LogP contribution in [0.15, 0.2) is 18.2 Å². The van der Waals surface area contributed by atoms with Crippen molar-refractivity contribution in [2.45, 2.75) is 38.3 Å². The van der Waals surface area contributed by atoms with Crippen LogP contribution in [-0.4, -0.2) is 60.6 Å². The molecule has 2 heterocycles. The van der Waals surface area contributed by atoms with Crippen molar-refractivity contribution in [2.24, 2.45) is 5.41 Å². The smallest absolute Gasteiger partial charge is 0.238 e. The van der Waals surface area contributed by atoms with E-state index in [1.165, 1.54) is 5.56 Å². The summed E-state index contributed by atoms with van der Waals surface area (Å²) in [5, 5.41) is 3.02. The third kappa shape index (κ3) is 3.25. The highest BCUT2D eigenvalue weighted by Crippen LogP contribution is 2.48. The molecule has 2 aliphatic heterocycles. The van der Waals surface area contributed by atoms with Gasteiger partial charge in [0.2, 0.25) is 18.6 Å². The van der Waals surface area contributed by atoms with Crippen molar-refractivity contribution in [3.05, 3.63) is 23.8 Å². The molecule has 144 valence electrons. The number of fused-ring (bicyclic) bond motifs is 1. The second kappa shape index (κ2) is 6.41. The molecule has 2 saturated carbocycles. The van der Waals surface area contributed by atoms with Gasteiger partial charge in [-0.2, -0.15) is 0 Å². The van der Waals surface area contributed by atoms with Crippen LogP contribution in [0.2, 0.25) is 0 Å². The molecule has 0 bridgehead atoms. The van der Waals surface area contributed by atoms with Gasteiger partial charge in [0.05, 0.1) is 0 Å². The number of carbonyl (C=O) groups is 2. The van der Waals surface area contributed by atoms with E-state index in [1.54, 1.807) is 0 Å². The minimum atomic E-state index is -0.762. The SMILES string of the molecule is O=C(NC1CC1)C1(C(=O)N2CCN(Cc3ccc4c(c3)OCO4)CC2)CC1. The molecular formula is C20H25N3O4. The maximum atomic E-state index is 12.9. The molecule has 0 unspecified atom stereocenters. The van der Waals surface area contributed by atoms with Crippen LogP contribution in [0.1, 0.15) is 31.2 Å². The van der Waals surface area contributed by atoms with Gasteiger partial charge in [-0.3, -0.25) is 14.5 Å². The maximum Gasteiger partial charge on any atom is 0.238 e. The first-order valence-electron chi connectivity index (χ1n) is 9.85. The van der Waals surface area contributed by atoms with Crippen LogP contribution in [0.25, 0.3) is 0 Å². The summed E-state index contributed by atoms with van der Waals surface area (Å²) in [6.07, 6.45) is 3.49. The van der Waals surface area contributed by atoms with E-state index in [2.05, 4.69) is 16.3 Å². The molecule has 7 heteroatoms. The number of nitrogens with one attached hydrogen (secondary N) is 1. The minimum Gasteiger partial charge on any atom is -0.454 e. The number of piperazine rings is 1. The molecule has 7 nitrogen and oxygen atoms in total. The normalized spacial score (nSPS) is 23.2. The Bertz CT molecular complexity index is 764. The summed E-state index contributed by atoms with van der Waals surface area (Å²) in [7, 11) is 0. The molecule has 1 N–H and O–H groups in total. The van der Waals surface area contributed by atoms with Gasteiger partial charge in [-0.15, -0.1) is 0 Å². The average Bonchev–Trinajstić information content (AvgIpc) is 3.60. The van der Waals surface area contributed by atoms with Crippen molar-refractivity contribution in [3.8, 4) is 11.5 Å². The van der Waals surface area contributed by atoms with E-state index in [0.717, 1.165) is 44.0 Å². The Morgan fingerprint density at radius 2 is 1.81 bits per heavy atom. The van der Waals surface area contributed by atoms with E-state index in [-0.39, 0.29) is 18.6 Å². The number of hydrogen-bond donors (Lipinski definition) is 1. The monoisotopic (exact) mass is 371 g/mol. The van der Waals surface area contributed by atoms with E-state index in [1.807, 2.05) is 17.0 Å². The fourth-order valence-electron chi connectivity index (χ4n) is 3.92. The third-order valence-corrected chi connectivity index (χ3v) is 6.01. The summed E-state index contributed by atoms with van der Waals surface area (Å²) < 4.78 is 10.8. The summed E-state index contributed by atoms with van der Waals surface area (Å²) in [6.45, 7) is 4.12. The lowest BCUT2D eigenvalue weighted by Gasteiger charge is -2.36. The van der Waals surface area contributed by atoms with Crippen LogP contribution >= 0.6 is 0 Å². The number of amides is 2.